The summed E-state index contributed by atoms with van der Waals surface area (Å²) >= 11 is 1.45. The number of carbonyl (C=O) groups excluding carboxylic acids is 13. The average Bonchev–Trinajstić information content (AvgIpc) is 1.74. The zero-order valence-corrected chi connectivity index (χ0v) is 55.3. The molecule has 22 N–H and O–H groups in total. The highest BCUT2D eigenvalue weighted by molar-refractivity contribution is 7.98. The van der Waals surface area contributed by atoms with Gasteiger partial charge in [-0.3, -0.25) is 67.3 Å². The van der Waals surface area contributed by atoms with Gasteiger partial charge in [-0.05, 0) is 119 Å². The number of amides is 13. The van der Waals surface area contributed by atoms with Crippen LogP contribution in [0.5, 0.6) is 0 Å². The van der Waals surface area contributed by atoms with Gasteiger partial charge < -0.3 is 92.5 Å². The minimum Gasteiger partial charge on any atom is -0.370 e. The average molecular weight is 1350 g/mol. The summed E-state index contributed by atoms with van der Waals surface area (Å²) in [5, 5.41) is 21.1. The van der Waals surface area contributed by atoms with Gasteiger partial charge in [-0.2, -0.15) is 11.8 Å². The molecule has 4 rings (SSSR count). The first kappa shape index (κ1) is 78.5. The Balaban J connectivity index is 1.56. The van der Waals surface area contributed by atoms with E-state index in [-0.39, 0.29) is 83.0 Å². The molecule has 0 unspecified atom stereocenters. The molecule has 0 aliphatic carbocycles. The van der Waals surface area contributed by atoms with Gasteiger partial charge in [-0.15, -0.1) is 0 Å². The molecule has 13 amide bonds. The normalized spacial score (nSPS) is 16.8. The fraction of sp³-hybridized carbons (Fsp3) is 0.587. The summed E-state index contributed by atoms with van der Waals surface area (Å²) in [6.07, 6.45) is 3.12. The number of likely N-dealkylation sites (tertiary alicyclic amines) is 2. The molecule has 2 aliphatic rings. The Hall–Kier alpha value is -8.91. The van der Waals surface area contributed by atoms with Gasteiger partial charge in [0, 0.05) is 45.3 Å². The first-order valence-electron chi connectivity index (χ1n) is 32.2. The molecule has 95 heavy (non-hydrogen) atoms. The van der Waals surface area contributed by atoms with Crippen LogP contribution in [-0.2, 0) is 75.2 Å². The number of unbranched alkanes of at least 4 members (excludes halogenated alkanes) is 1. The van der Waals surface area contributed by atoms with Gasteiger partial charge in [0.25, 0.3) is 0 Å². The molecular weight excluding hydrogens is 1250 g/mol. The van der Waals surface area contributed by atoms with Crippen LogP contribution in [0.3, 0.4) is 0 Å². The van der Waals surface area contributed by atoms with Crippen molar-refractivity contribution in [2.24, 2.45) is 51.0 Å². The summed E-state index contributed by atoms with van der Waals surface area (Å²) in [5.74, 6) is -9.80. The van der Waals surface area contributed by atoms with E-state index >= 15 is 0 Å². The molecule has 0 aromatic heterocycles. The first-order chi connectivity index (χ1) is 45.2. The van der Waals surface area contributed by atoms with Gasteiger partial charge in [-0.25, -0.2) is 0 Å². The topological polar surface area (TPSA) is 519 Å². The number of carbonyl (C=O) groups is 13. The minimum absolute atomic E-state index is 0.0736. The summed E-state index contributed by atoms with van der Waals surface area (Å²) in [6, 6.07) is 4.51. The molecule has 31 nitrogen and oxygen atoms in total. The number of hydrogen-bond donors (Lipinski definition) is 15. The van der Waals surface area contributed by atoms with Crippen molar-refractivity contribution in [2.45, 2.75) is 183 Å². The SMILES string of the molecule is CSCC[C@H](NC(=O)[C@@H](CC(C)C)NC(=O)CNC(=O)[C@@H](Cc1ccccc1)NC(=O)[C@H](Cc1ccccc1)NC(=O)[C@H](CCC(N)=O)NC(=O)[C@H](CCC(N)=O)NC(=O)[C@H]1CCCN1C(=O)[C@H](CCCCN)NC(=O)[C@@H]1CCCN1C(=O)[C@H](N)CCCN=C(N)N)C(N)=O. The lowest BCUT2D eigenvalue weighted by molar-refractivity contribution is -0.144. The quantitative estimate of drug-likeness (QED) is 0.0173. The standard InChI is InChI=1S/C63H98N18O13S/c1-37(2)33-45(57(89)74-41(53(68)85)27-32-95-3)73-52(84)36-72-54(86)46(34-38-15-6-4-7-16-38)78-58(90)47(35-39-17-8-5-9-18-39)79-56(88)42(23-25-50(66)82)75-55(87)43(24-26-51(67)83)76-59(91)49-22-14-31-81(49)62(94)44(20-10-11-28-64)77-60(92)48-21-13-30-80(48)61(93)40(65)19-12-29-71-63(69)70/h4-9,15-18,37,40-49H,10-14,19-36,64-65H2,1-3H3,(H2,66,82)(H2,67,83)(H2,68,85)(H,72,86)(H,73,84)(H,74,89)(H,75,87)(H,76,91)(H,77,92)(H,78,90)(H,79,88)(H4,69,70,71)/t40-,41+,42+,43+,44+,45-,46-,47+,48+,49-/m1/s1. The Kier molecular flexibility index (Phi) is 33.9. The second-order valence-corrected chi connectivity index (χ2v) is 25.1. The number of guanidine groups is 1. The number of benzene rings is 2. The molecule has 2 fully saturated rings. The van der Waals surface area contributed by atoms with Gasteiger partial charge in [0.1, 0.15) is 54.4 Å². The highest BCUT2D eigenvalue weighted by Gasteiger charge is 2.42. The maximum atomic E-state index is 14.7. The third-order valence-corrected chi connectivity index (χ3v) is 16.7. The summed E-state index contributed by atoms with van der Waals surface area (Å²) in [7, 11) is 0. The van der Waals surface area contributed by atoms with Crippen LogP contribution in [0, 0.1) is 5.92 Å². The van der Waals surface area contributed by atoms with Gasteiger partial charge >= 0.3 is 0 Å². The Morgan fingerprint density at radius 1 is 0.537 bits per heavy atom. The lowest BCUT2D eigenvalue weighted by atomic mass is 10.0. The smallest absolute Gasteiger partial charge is 0.245 e. The molecule has 32 heteroatoms. The van der Waals surface area contributed by atoms with Crippen LogP contribution >= 0.6 is 11.8 Å². The second-order valence-electron chi connectivity index (χ2n) is 24.1. The van der Waals surface area contributed by atoms with Crippen molar-refractivity contribution in [3.8, 4) is 0 Å². The summed E-state index contributed by atoms with van der Waals surface area (Å²) in [4.78, 5) is 185. The molecule has 2 saturated heterocycles. The molecule has 0 spiro atoms. The molecule has 0 bridgehead atoms. The minimum atomic E-state index is -1.64. The number of thioether (sulfide) groups is 1. The molecule has 2 aromatic carbocycles. The second kappa shape index (κ2) is 41.0. The Bertz CT molecular complexity index is 2960. The third-order valence-electron chi connectivity index (χ3n) is 16.0. The van der Waals surface area contributed by atoms with Gasteiger partial charge in [0.15, 0.2) is 5.96 Å². The molecular formula is C63H98N18O13S. The van der Waals surface area contributed by atoms with Crippen molar-refractivity contribution >= 4 is 94.5 Å². The van der Waals surface area contributed by atoms with Crippen LogP contribution in [-0.4, -0.2) is 198 Å². The van der Waals surface area contributed by atoms with Crippen molar-refractivity contribution in [1.29, 1.82) is 0 Å². The summed E-state index contributed by atoms with van der Waals surface area (Å²) in [6.45, 7) is 3.86. The van der Waals surface area contributed by atoms with Crippen molar-refractivity contribution in [3.05, 3.63) is 71.8 Å². The van der Waals surface area contributed by atoms with E-state index in [1.54, 1.807) is 60.7 Å². The summed E-state index contributed by atoms with van der Waals surface area (Å²) < 4.78 is 0. The lowest BCUT2D eigenvalue weighted by Crippen LogP contribution is -2.60. The van der Waals surface area contributed by atoms with E-state index in [0.717, 1.165) is 0 Å². The third kappa shape index (κ3) is 27.5. The van der Waals surface area contributed by atoms with Crippen molar-refractivity contribution in [1.82, 2.24) is 52.3 Å². The Labute approximate surface area is 558 Å². The molecule has 0 radical (unpaired) electrons. The molecule has 0 saturated carbocycles. The Morgan fingerprint density at radius 2 is 1.01 bits per heavy atom. The van der Waals surface area contributed by atoms with E-state index in [0.29, 0.717) is 55.4 Å². The van der Waals surface area contributed by atoms with Gasteiger partial charge in [0.05, 0.1) is 12.6 Å². The predicted octanol–water partition coefficient (Wildman–Crippen LogP) is -3.71. The number of rotatable bonds is 42. The maximum absolute atomic E-state index is 14.7. The number of primary amides is 3. The number of nitrogens with one attached hydrogen (secondary N) is 8. The van der Waals surface area contributed by atoms with E-state index in [2.05, 4.69) is 47.5 Å². The van der Waals surface area contributed by atoms with Crippen molar-refractivity contribution < 1.29 is 62.3 Å². The van der Waals surface area contributed by atoms with Crippen molar-refractivity contribution in [3.63, 3.8) is 0 Å². The van der Waals surface area contributed by atoms with Gasteiger partial charge in [0.2, 0.25) is 76.8 Å². The van der Waals surface area contributed by atoms with Crippen LogP contribution < -0.4 is 82.7 Å². The molecule has 10 atom stereocenters. The largest absolute Gasteiger partial charge is 0.370 e. The highest BCUT2D eigenvalue weighted by Crippen LogP contribution is 2.24. The first-order valence-corrected chi connectivity index (χ1v) is 33.6. The lowest BCUT2D eigenvalue weighted by Gasteiger charge is -2.32. The van der Waals surface area contributed by atoms with Gasteiger partial charge in [-0.1, -0.05) is 74.5 Å². The number of nitrogens with two attached hydrogens (primary N) is 7. The van der Waals surface area contributed by atoms with Crippen LogP contribution in [0.4, 0.5) is 0 Å². The maximum Gasteiger partial charge on any atom is 0.245 e. The number of hydrogen-bond acceptors (Lipinski definition) is 17. The van der Waals surface area contributed by atoms with Crippen LogP contribution in [0.2, 0.25) is 0 Å². The fourth-order valence-corrected chi connectivity index (χ4v) is 11.5. The van der Waals surface area contributed by atoms with Crippen LogP contribution in [0.25, 0.3) is 0 Å². The van der Waals surface area contributed by atoms with E-state index in [9.17, 15) is 62.3 Å². The van der Waals surface area contributed by atoms with E-state index in [1.807, 2.05) is 20.1 Å². The zero-order chi connectivity index (χ0) is 70.1. The zero-order valence-electron chi connectivity index (χ0n) is 54.5. The molecule has 2 heterocycles. The molecule has 2 aliphatic heterocycles. The van der Waals surface area contributed by atoms with E-state index < -0.39 is 169 Å². The molecule has 2 aromatic rings. The van der Waals surface area contributed by atoms with Crippen molar-refractivity contribution in [2.75, 3.05) is 44.7 Å². The van der Waals surface area contributed by atoms with Crippen LogP contribution in [0.15, 0.2) is 65.7 Å². The molecule has 524 valence electrons. The monoisotopic (exact) mass is 1350 g/mol. The highest BCUT2D eigenvalue weighted by atomic mass is 32.2. The Morgan fingerprint density at radius 3 is 1.51 bits per heavy atom. The number of aliphatic imine (C=N–C) groups is 1. The fourth-order valence-electron chi connectivity index (χ4n) is 11.0. The van der Waals surface area contributed by atoms with E-state index in [4.69, 9.17) is 40.1 Å². The van der Waals surface area contributed by atoms with Crippen LogP contribution in [0.1, 0.15) is 121 Å². The number of nitrogens with zero attached hydrogens (tertiary/aromatic N) is 3. The van der Waals surface area contributed by atoms with E-state index in [1.165, 1.54) is 21.6 Å². The summed E-state index contributed by atoms with van der Waals surface area (Å²) in [5.41, 5.74) is 40.6. The predicted molar refractivity (Wildman–Crippen MR) is 356 cm³/mol.